The first-order valence-electron chi connectivity index (χ1n) is 17.6. The predicted octanol–water partition coefficient (Wildman–Crippen LogP) is 9.52. The first-order valence-corrected chi connectivity index (χ1v) is 18.4. The van der Waals surface area contributed by atoms with Gasteiger partial charge in [0.1, 0.15) is 24.7 Å². The molecule has 8 nitrogen and oxygen atoms in total. The van der Waals surface area contributed by atoms with Crippen LogP contribution in [0.25, 0.3) is 22.3 Å². The summed E-state index contributed by atoms with van der Waals surface area (Å²) in [5.41, 5.74) is 19.7. The Morgan fingerprint density at radius 2 is 0.964 bits per heavy atom. The molecule has 0 bridgehead atoms. The number of nitrogens with two attached hydrogens (primary N) is 2. The third-order valence-corrected chi connectivity index (χ3v) is 10.4. The highest BCUT2D eigenvalue weighted by molar-refractivity contribution is 6.31. The van der Waals surface area contributed by atoms with Crippen LogP contribution in [-0.2, 0) is 20.6 Å². The fraction of sp³-hybridized carbons (Fsp3) is 0.156. The standard InChI is InChI=1S/C23H21ClN2O2.C22H19ClN2O2/c1-15-11-19(9-10-21(15)27-2)23(14-28-22(25)26-23)18-7-3-5-16(12-18)17-6-4-8-20(24)13-17;1-26-20-10-8-17(9-11-20)22(14-27-21(24)25-22)18-6-2-4-15(12-18)16-5-3-7-19(23)13-16/h3-13H,14H2,1-2H3,(H2,25,26);2-13H,14H2,1H3,(H2,24,25)/t;22-/m.1/s1. The van der Waals surface area contributed by atoms with Crippen LogP contribution < -0.4 is 20.9 Å². The van der Waals surface area contributed by atoms with E-state index in [0.29, 0.717) is 23.3 Å². The number of methoxy groups -OCH3 is 2. The summed E-state index contributed by atoms with van der Waals surface area (Å²) in [6, 6.07) is 46.4. The third kappa shape index (κ3) is 7.69. The normalized spacial score (nSPS) is 18.6. The number of aryl methyl sites for hydroxylation is 1. The van der Waals surface area contributed by atoms with Crippen molar-refractivity contribution in [1.29, 1.82) is 0 Å². The molecule has 4 N–H and O–H groups in total. The van der Waals surface area contributed by atoms with E-state index in [4.69, 9.17) is 58.6 Å². The Hall–Kier alpha value is -5.96. The van der Waals surface area contributed by atoms with E-state index in [9.17, 15) is 0 Å². The second-order valence-corrected chi connectivity index (χ2v) is 14.2. The van der Waals surface area contributed by atoms with E-state index in [1.165, 1.54) is 0 Å². The molecule has 0 aromatic heterocycles. The molecule has 0 radical (unpaired) electrons. The zero-order valence-corrected chi connectivity index (χ0v) is 32.1. The molecule has 0 aliphatic carbocycles. The van der Waals surface area contributed by atoms with Gasteiger partial charge in [0.05, 0.1) is 14.2 Å². The van der Waals surface area contributed by atoms with E-state index < -0.39 is 11.1 Å². The Balaban J connectivity index is 0.000000169. The Morgan fingerprint density at radius 3 is 1.38 bits per heavy atom. The summed E-state index contributed by atoms with van der Waals surface area (Å²) in [6.07, 6.45) is 0. The summed E-state index contributed by atoms with van der Waals surface area (Å²) < 4.78 is 21.9. The molecule has 0 saturated carbocycles. The number of halogens is 2. The fourth-order valence-electron chi connectivity index (χ4n) is 7.04. The molecule has 0 saturated heterocycles. The number of ether oxygens (including phenoxy) is 4. The van der Waals surface area contributed by atoms with Gasteiger partial charge < -0.3 is 30.4 Å². The summed E-state index contributed by atoms with van der Waals surface area (Å²) in [6.45, 7) is 2.72. The van der Waals surface area contributed by atoms with E-state index in [-0.39, 0.29) is 12.0 Å². The molecule has 8 rings (SSSR count). The first-order chi connectivity index (χ1) is 26.6. The van der Waals surface area contributed by atoms with Gasteiger partial charge in [0, 0.05) is 10.0 Å². The van der Waals surface area contributed by atoms with E-state index >= 15 is 0 Å². The minimum absolute atomic E-state index is 0.193. The zero-order chi connectivity index (χ0) is 38.6. The quantitative estimate of drug-likeness (QED) is 0.159. The van der Waals surface area contributed by atoms with Crippen LogP contribution in [0.5, 0.6) is 11.5 Å². The van der Waals surface area contributed by atoms with Crippen LogP contribution in [0, 0.1) is 6.92 Å². The Kier molecular flexibility index (Phi) is 10.7. The van der Waals surface area contributed by atoms with Gasteiger partial charge in [-0.15, -0.1) is 0 Å². The molecule has 2 aliphatic heterocycles. The van der Waals surface area contributed by atoms with Crippen molar-refractivity contribution in [3.63, 3.8) is 0 Å². The van der Waals surface area contributed by atoms with Crippen molar-refractivity contribution >= 4 is 35.2 Å². The maximum atomic E-state index is 6.18. The van der Waals surface area contributed by atoms with Crippen LogP contribution in [0.1, 0.15) is 27.8 Å². The largest absolute Gasteiger partial charge is 0.497 e. The lowest BCUT2D eigenvalue weighted by atomic mass is 9.82. The van der Waals surface area contributed by atoms with Crippen LogP contribution in [0.3, 0.4) is 0 Å². The average molecular weight is 772 g/mol. The van der Waals surface area contributed by atoms with Gasteiger partial charge in [0.15, 0.2) is 11.1 Å². The molecule has 0 fully saturated rings. The molecule has 55 heavy (non-hydrogen) atoms. The van der Waals surface area contributed by atoms with Crippen molar-refractivity contribution in [2.75, 3.05) is 27.4 Å². The summed E-state index contributed by atoms with van der Waals surface area (Å²) >= 11 is 12.3. The number of aliphatic imine (C=N–C) groups is 2. The summed E-state index contributed by atoms with van der Waals surface area (Å²) in [7, 11) is 3.31. The van der Waals surface area contributed by atoms with Crippen molar-refractivity contribution in [1.82, 2.24) is 0 Å². The Bertz CT molecular complexity index is 2400. The Morgan fingerprint density at radius 1 is 0.527 bits per heavy atom. The average Bonchev–Trinajstić information content (AvgIpc) is 3.82. The zero-order valence-electron chi connectivity index (χ0n) is 30.6. The minimum atomic E-state index is -0.699. The molecule has 0 amide bonds. The van der Waals surface area contributed by atoms with Gasteiger partial charge >= 0.3 is 0 Å². The molecule has 0 spiro atoms. The highest BCUT2D eigenvalue weighted by atomic mass is 35.5. The molecular weight excluding hydrogens is 731 g/mol. The number of benzene rings is 6. The topological polar surface area (TPSA) is 114 Å². The van der Waals surface area contributed by atoms with Gasteiger partial charge in [-0.3, -0.25) is 0 Å². The maximum absolute atomic E-state index is 6.18. The molecule has 6 aromatic carbocycles. The van der Waals surface area contributed by atoms with Gasteiger partial charge in [-0.2, -0.15) is 0 Å². The van der Waals surface area contributed by atoms with Crippen LogP contribution >= 0.6 is 23.2 Å². The molecular formula is C45H40Cl2N4O4. The Labute approximate surface area is 331 Å². The highest BCUT2D eigenvalue weighted by Gasteiger charge is 2.41. The number of rotatable bonds is 8. The second kappa shape index (κ2) is 15.8. The maximum Gasteiger partial charge on any atom is 0.283 e. The fourth-order valence-corrected chi connectivity index (χ4v) is 7.42. The lowest BCUT2D eigenvalue weighted by Crippen LogP contribution is -2.27. The smallest absolute Gasteiger partial charge is 0.283 e. The van der Waals surface area contributed by atoms with Gasteiger partial charge in [0.2, 0.25) is 0 Å². The van der Waals surface area contributed by atoms with E-state index in [1.54, 1.807) is 14.2 Å². The van der Waals surface area contributed by atoms with E-state index in [1.807, 2.05) is 110 Å². The number of amidine groups is 2. The molecule has 1 unspecified atom stereocenters. The van der Waals surface area contributed by atoms with E-state index in [2.05, 4.69) is 41.4 Å². The van der Waals surface area contributed by atoms with Crippen molar-refractivity contribution in [2.45, 2.75) is 18.0 Å². The summed E-state index contributed by atoms with van der Waals surface area (Å²) in [5, 5.41) is 1.41. The van der Waals surface area contributed by atoms with Crippen LogP contribution in [0.2, 0.25) is 10.0 Å². The summed E-state index contributed by atoms with van der Waals surface area (Å²) in [5.74, 6) is 1.62. The lowest BCUT2D eigenvalue weighted by molar-refractivity contribution is 0.278. The number of hydrogen-bond acceptors (Lipinski definition) is 8. The van der Waals surface area contributed by atoms with Crippen LogP contribution in [-0.4, -0.2) is 39.5 Å². The van der Waals surface area contributed by atoms with Crippen molar-refractivity contribution in [3.05, 3.63) is 177 Å². The van der Waals surface area contributed by atoms with Gasteiger partial charge in [0.25, 0.3) is 12.0 Å². The number of hydrogen-bond donors (Lipinski definition) is 2. The first kappa shape index (κ1) is 37.4. The van der Waals surface area contributed by atoms with Crippen LogP contribution in [0.4, 0.5) is 0 Å². The van der Waals surface area contributed by atoms with Crippen molar-refractivity contribution in [3.8, 4) is 33.8 Å². The lowest BCUT2D eigenvalue weighted by Gasteiger charge is -2.26. The predicted molar refractivity (Wildman–Crippen MR) is 221 cm³/mol. The van der Waals surface area contributed by atoms with Crippen molar-refractivity contribution < 1.29 is 18.9 Å². The van der Waals surface area contributed by atoms with Gasteiger partial charge in [-0.1, -0.05) is 102 Å². The number of nitrogens with zero attached hydrogens (tertiary/aromatic N) is 2. The molecule has 6 aromatic rings. The third-order valence-electron chi connectivity index (χ3n) is 9.90. The minimum Gasteiger partial charge on any atom is -0.497 e. The van der Waals surface area contributed by atoms with Gasteiger partial charge in [-0.05, 0) is 118 Å². The SMILES string of the molecule is COc1ccc(C2(c3cccc(-c4cccc(Cl)c4)c3)COC(N)=N2)cc1C.COc1ccc([C@@]2(c3cccc(-c4cccc(Cl)c4)c3)COC(N)=N2)cc1. The van der Waals surface area contributed by atoms with E-state index in [0.717, 1.165) is 61.6 Å². The monoisotopic (exact) mass is 770 g/mol. The van der Waals surface area contributed by atoms with Crippen LogP contribution in [0.15, 0.2) is 150 Å². The van der Waals surface area contributed by atoms with Gasteiger partial charge in [-0.25, -0.2) is 9.98 Å². The second-order valence-electron chi connectivity index (χ2n) is 13.3. The van der Waals surface area contributed by atoms with Crippen molar-refractivity contribution in [2.24, 2.45) is 21.5 Å². The highest BCUT2D eigenvalue weighted by Crippen LogP contribution is 2.42. The molecule has 2 atom stereocenters. The molecule has 2 aliphatic rings. The molecule has 278 valence electrons. The summed E-state index contributed by atoms with van der Waals surface area (Å²) in [4.78, 5) is 9.39. The molecule has 2 heterocycles. The molecule has 10 heteroatoms.